The Balaban J connectivity index is 2.88. The number of rotatable bonds is 28. The topological polar surface area (TPSA) is 83.8 Å². The van der Waals surface area contributed by atoms with Crippen LogP contribution in [-0.2, 0) is 14.3 Å². The summed E-state index contributed by atoms with van der Waals surface area (Å²) in [4.78, 5) is 25.4. The van der Waals surface area contributed by atoms with Gasteiger partial charge in [0.2, 0.25) is 0 Å². The zero-order chi connectivity index (χ0) is 38.1. The number of aldehydes is 1. The minimum absolute atomic E-state index is 0.0164. The molecule has 1 rings (SSSR count). The number of esters is 1. The summed E-state index contributed by atoms with van der Waals surface area (Å²) in [5.74, 6) is -0.108. The Hall–Kier alpha value is -1.98. The molecular formula is C46H80O5. The molecule has 1 aliphatic rings. The van der Waals surface area contributed by atoms with Crippen LogP contribution < -0.4 is 0 Å². The van der Waals surface area contributed by atoms with E-state index in [-0.39, 0.29) is 18.5 Å². The van der Waals surface area contributed by atoms with Gasteiger partial charge in [-0.3, -0.25) is 9.59 Å². The van der Waals surface area contributed by atoms with Crippen LogP contribution in [0.4, 0.5) is 0 Å². The monoisotopic (exact) mass is 713 g/mol. The van der Waals surface area contributed by atoms with E-state index < -0.39 is 17.1 Å². The largest absolute Gasteiger partial charge is 0.459 e. The molecule has 5 heteroatoms. The summed E-state index contributed by atoms with van der Waals surface area (Å²) in [7, 11) is 0. The van der Waals surface area contributed by atoms with Crippen molar-refractivity contribution in [2.24, 2.45) is 11.3 Å². The highest BCUT2D eigenvalue weighted by molar-refractivity contribution is 5.74. The first-order valence-corrected chi connectivity index (χ1v) is 21.0. The highest BCUT2D eigenvalue weighted by Crippen LogP contribution is 2.57. The Labute approximate surface area is 314 Å². The van der Waals surface area contributed by atoms with Crippen LogP contribution in [0.5, 0.6) is 0 Å². The van der Waals surface area contributed by atoms with Crippen molar-refractivity contribution in [2.75, 3.05) is 6.61 Å². The average molecular weight is 713 g/mol. The molecule has 1 aliphatic carbocycles. The van der Waals surface area contributed by atoms with Gasteiger partial charge in [0.25, 0.3) is 0 Å². The smallest absolute Gasteiger partial charge is 0.306 e. The summed E-state index contributed by atoms with van der Waals surface area (Å²) in [6.45, 7) is 16.9. The highest BCUT2D eigenvalue weighted by Gasteiger charge is 2.55. The lowest BCUT2D eigenvalue weighted by atomic mass is 9.54. The van der Waals surface area contributed by atoms with E-state index in [1.54, 1.807) is 0 Å². The minimum atomic E-state index is -0.696. The van der Waals surface area contributed by atoms with Crippen molar-refractivity contribution in [1.29, 1.82) is 0 Å². The van der Waals surface area contributed by atoms with Gasteiger partial charge in [-0.2, -0.15) is 0 Å². The molecule has 2 N–H and O–H groups in total. The summed E-state index contributed by atoms with van der Waals surface area (Å²) in [6, 6.07) is 0. The molecule has 0 heterocycles. The maximum Gasteiger partial charge on any atom is 0.306 e. The van der Waals surface area contributed by atoms with Crippen LogP contribution in [0.1, 0.15) is 203 Å². The van der Waals surface area contributed by atoms with Gasteiger partial charge in [-0.05, 0) is 123 Å². The van der Waals surface area contributed by atoms with Gasteiger partial charge in [-0.25, -0.2) is 0 Å². The minimum Gasteiger partial charge on any atom is -0.459 e. The fourth-order valence-electron chi connectivity index (χ4n) is 8.04. The molecule has 1 fully saturated rings. The van der Waals surface area contributed by atoms with Gasteiger partial charge in [-0.15, -0.1) is 0 Å². The van der Waals surface area contributed by atoms with Crippen LogP contribution in [0.3, 0.4) is 0 Å². The van der Waals surface area contributed by atoms with Gasteiger partial charge in [0.05, 0.1) is 6.10 Å². The molecule has 4 unspecified atom stereocenters. The van der Waals surface area contributed by atoms with E-state index in [9.17, 15) is 19.8 Å². The second-order valence-electron chi connectivity index (χ2n) is 16.5. The molecule has 4 atom stereocenters. The van der Waals surface area contributed by atoms with Crippen molar-refractivity contribution in [3.05, 3.63) is 46.1 Å². The van der Waals surface area contributed by atoms with Crippen LogP contribution in [0.25, 0.3) is 0 Å². The van der Waals surface area contributed by atoms with E-state index in [4.69, 9.17) is 4.74 Å². The first-order chi connectivity index (χ1) is 24.3. The molecule has 0 radical (unpaired) electrons. The van der Waals surface area contributed by atoms with Gasteiger partial charge in [0.1, 0.15) is 11.9 Å². The lowest BCUT2D eigenvalue weighted by Crippen LogP contribution is -2.55. The van der Waals surface area contributed by atoms with Crippen molar-refractivity contribution in [3.8, 4) is 0 Å². The number of hydrogen-bond donors (Lipinski definition) is 2. The molecule has 0 amide bonds. The summed E-state index contributed by atoms with van der Waals surface area (Å²) in [5, 5.41) is 20.8. The van der Waals surface area contributed by atoms with Gasteiger partial charge in [0.15, 0.2) is 0 Å². The molecule has 0 aromatic carbocycles. The van der Waals surface area contributed by atoms with Crippen LogP contribution in [0, 0.1) is 11.3 Å². The van der Waals surface area contributed by atoms with Crippen LogP contribution in [0.15, 0.2) is 46.1 Å². The van der Waals surface area contributed by atoms with Crippen molar-refractivity contribution in [2.45, 2.75) is 215 Å². The molecular weight excluding hydrogens is 633 g/mol. The van der Waals surface area contributed by atoms with E-state index in [0.29, 0.717) is 32.1 Å². The quantitative estimate of drug-likeness (QED) is 0.0277. The third kappa shape index (κ3) is 18.1. The molecule has 5 nitrogen and oxygen atoms in total. The third-order valence-corrected chi connectivity index (χ3v) is 11.9. The molecule has 0 aliphatic heterocycles. The van der Waals surface area contributed by atoms with Crippen LogP contribution in [0.2, 0.25) is 0 Å². The van der Waals surface area contributed by atoms with Crippen LogP contribution >= 0.6 is 0 Å². The summed E-state index contributed by atoms with van der Waals surface area (Å²) in [5.41, 5.74) is 4.35. The maximum atomic E-state index is 13.4. The van der Waals surface area contributed by atoms with Crippen molar-refractivity contribution < 1.29 is 24.5 Å². The van der Waals surface area contributed by atoms with Gasteiger partial charge < -0.3 is 14.9 Å². The fraction of sp³-hybridized carbons (Fsp3) is 0.783. The summed E-state index contributed by atoms with van der Waals surface area (Å²) in [6.07, 6.45) is 30.8. The van der Waals surface area contributed by atoms with E-state index in [1.807, 2.05) is 13.8 Å². The molecule has 0 spiro atoms. The van der Waals surface area contributed by atoms with Crippen molar-refractivity contribution >= 4 is 12.3 Å². The lowest BCUT2D eigenvalue weighted by molar-refractivity contribution is -0.185. The second-order valence-corrected chi connectivity index (χ2v) is 16.5. The first kappa shape index (κ1) is 47.0. The Morgan fingerprint density at radius 3 is 1.96 bits per heavy atom. The Morgan fingerprint density at radius 2 is 1.41 bits per heavy atom. The Kier molecular flexibility index (Phi) is 24.7. The predicted molar refractivity (Wildman–Crippen MR) is 217 cm³/mol. The first-order valence-electron chi connectivity index (χ1n) is 21.0. The lowest BCUT2D eigenvalue weighted by Gasteiger charge is -2.55. The van der Waals surface area contributed by atoms with E-state index in [2.05, 4.69) is 59.8 Å². The van der Waals surface area contributed by atoms with Crippen LogP contribution in [-0.4, -0.2) is 40.8 Å². The number of hydrogen-bond acceptors (Lipinski definition) is 5. The zero-order valence-corrected chi connectivity index (χ0v) is 34.6. The molecule has 1 saturated carbocycles. The Morgan fingerprint density at radius 1 is 0.824 bits per heavy atom. The number of ether oxygens (including phenoxy) is 1. The highest BCUT2D eigenvalue weighted by atomic mass is 16.6. The molecule has 0 aromatic rings. The number of aliphatic hydroxyl groups is 2. The van der Waals surface area contributed by atoms with E-state index in [0.717, 1.165) is 68.0 Å². The fourth-order valence-corrected chi connectivity index (χ4v) is 8.04. The number of carbonyl (C=O) groups is 2. The summed E-state index contributed by atoms with van der Waals surface area (Å²) >= 11 is 0. The standard InChI is InChI=1S/C46H80O5/c1-9-10-11-12-13-14-15-16-17-18-19-20-21-29-44(50)51-46(8)34-32-41(40(6)36-48)42(28-24-35-47)45(46,7)33-23-27-39(5)43(49)31-30-38(4)26-22-25-37(2)3/h25,27,30,36,42-43,47,49H,9-24,26,28-29,31-35H2,1-8H3/b38-30+,39-27+,41-40+. The maximum absolute atomic E-state index is 13.4. The van der Waals surface area contributed by atoms with Gasteiger partial charge in [-0.1, -0.05) is 126 Å². The molecule has 0 saturated heterocycles. The number of carbonyl (C=O) groups excluding carboxylic acids is 2. The molecule has 294 valence electrons. The Bertz CT molecular complexity index is 1110. The van der Waals surface area contributed by atoms with E-state index in [1.165, 1.54) is 81.8 Å². The normalized spacial score (nSPS) is 22.8. The zero-order valence-electron chi connectivity index (χ0n) is 34.6. The van der Waals surface area contributed by atoms with E-state index >= 15 is 0 Å². The van der Waals surface area contributed by atoms with Crippen molar-refractivity contribution in [3.63, 3.8) is 0 Å². The average Bonchev–Trinajstić information content (AvgIpc) is 3.09. The molecule has 51 heavy (non-hydrogen) atoms. The molecule has 0 aromatic heterocycles. The predicted octanol–water partition coefficient (Wildman–Crippen LogP) is 12.6. The number of allylic oxidation sites excluding steroid dienone is 6. The summed E-state index contributed by atoms with van der Waals surface area (Å²) < 4.78 is 6.50. The number of aliphatic hydroxyl groups excluding tert-OH is 2. The number of unbranched alkanes of at least 4 members (excludes halogenated alkanes) is 12. The third-order valence-electron chi connectivity index (χ3n) is 11.9. The molecule has 0 bridgehead atoms. The van der Waals surface area contributed by atoms with Gasteiger partial charge in [0, 0.05) is 18.4 Å². The van der Waals surface area contributed by atoms with Gasteiger partial charge >= 0.3 is 5.97 Å². The SMILES string of the molecule is CCCCCCCCCCCCCCCC(=O)OC1(C)CC/C(=C(/C)C=O)C(CCCO)C1(C)CC/C=C(\C)C(O)C/C=C(\C)CCC=C(C)C. The second kappa shape index (κ2) is 26.7. The van der Waals surface area contributed by atoms with Crippen molar-refractivity contribution in [1.82, 2.24) is 0 Å².